The summed E-state index contributed by atoms with van der Waals surface area (Å²) in [4.78, 5) is 29.3. The third-order valence-corrected chi connectivity index (χ3v) is 3.06. The van der Waals surface area contributed by atoms with E-state index in [1.165, 1.54) is 11.1 Å². The summed E-state index contributed by atoms with van der Waals surface area (Å²) in [7, 11) is 0. The van der Waals surface area contributed by atoms with E-state index in [2.05, 4.69) is 4.98 Å². The van der Waals surface area contributed by atoms with Crippen molar-refractivity contribution in [2.75, 3.05) is 25.5 Å². The molecule has 1 atom stereocenters. The van der Waals surface area contributed by atoms with Crippen molar-refractivity contribution in [2.24, 2.45) is 5.73 Å². The first kappa shape index (κ1) is 13.3. The zero-order chi connectivity index (χ0) is 14.0. The average molecular weight is 264 g/mol. The molecule has 2 rings (SSSR count). The molecule has 2 heterocycles. The Bertz CT molecular complexity index is 518. The van der Waals surface area contributed by atoms with Crippen LogP contribution in [0.25, 0.3) is 0 Å². The number of hydrogen-bond donors (Lipinski definition) is 2. The van der Waals surface area contributed by atoms with Crippen molar-refractivity contribution < 1.29 is 14.3 Å². The van der Waals surface area contributed by atoms with Crippen LogP contribution in [-0.4, -0.2) is 47.5 Å². The van der Waals surface area contributed by atoms with E-state index in [1.807, 2.05) is 0 Å². The summed E-state index contributed by atoms with van der Waals surface area (Å²) in [5.74, 6) is -0.882. The Hall–Kier alpha value is -2.15. The van der Waals surface area contributed by atoms with Crippen molar-refractivity contribution in [1.29, 1.82) is 0 Å². The Labute approximate surface area is 110 Å². The van der Waals surface area contributed by atoms with Crippen LogP contribution in [0, 0.1) is 6.92 Å². The zero-order valence-corrected chi connectivity index (χ0v) is 10.6. The zero-order valence-electron chi connectivity index (χ0n) is 10.6. The lowest BCUT2D eigenvalue weighted by molar-refractivity contribution is -0.127. The Morgan fingerprint density at radius 3 is 2.95 bits per heavy atom. The van der Waals surface area contributed by atoms with E-state index in [4.69, 9.17) is 16.2 Å². The van der Waals surface area contributed by atoms with Crippen molar-refractivity contribution in [3.63, 3.8) is 0 Å². The normalized spacial score (nSPS) is 19.2. The molecule has 1 aromatic rings. The molecular weight excluding hydrogens is 248 g/mol. The fourth-order valence-electron chi connectivity index (χ4n) is 2.00. The van der Waals surface area contributed by atoms with Crippen LogP contribution < -0.4 is 11.5 Å². The van der Waals surface area contributed by atoms with Gasteiger partial charge in [0.15, 0.2) is 0 Å². The fraction of sp³-hybridized carbons (Fsp3) is 0.417. The highest BCUT2D eigenvalue weighted by Gasteiger charge is 2.32. The van der Waals surface area contributed by atoms with Crippen LogP contribution in [0.4, 0.5) is 5.69 Å². The molecular formula is C12H16N4O3. The number of aromatic nitrogens is 1. The van der Waals surface area contributed by atoms with Crippen molar-refractivity contribution in [2.45, 2.75) is 13.0 Å². The maximum absolute atomic E-state index is 12.5. The van der Waals surface area contributed by atoms with Crippen LogP contribution in [-0.2, 0) is 9.53 Å². The molecule has 0 aromatic carbocycles. The van der Waals surface area contributed by atoms with Gasteiger partial charge >= 0.3 is 0 Å². The number of primary amides is 1. The lowest BCUT2D eigenvalue weighted by Gasteiger charge is -2.33. The number of morpholine rings is 1. The minimum Gasteiger partial charge on any atom is -0.397 e. The van der Waals surface area contributed by atoms with Gasteiger partial charge in [-0.05, 0) is 13.0 Å². The average Bonchev–Trinajstić information content (AvgIpc) is 2.40. The van der Waals surface area contributed by atoms with Crippen molar-refractivity contribution in [3.8, 4) is 0 Å². The molecule has 102 valence electrons. The minimum atomic E-state index is -0.748. The highest BCUT2D eigenvalue weighted by atomic mass is 16.5. The fourth-order valence-corrected chi connectivity index (χ4v) is 2.00. The second kappa shape index (κ2) is 5.23. The summed E-state index contributed by atoms with van der Waals surface area (Å²) in [6.07, 6.45) is 1.48. The SMILES string of the molecule is Cc1ncc(N)cc1C(=O)N1CCOCC1C(N)=O. The predicted molar refractivity (Wildman–Crippen MR) is 68.2 cm³/mol. The third kappa shape index (κ3) is 2.65. The molecule has 0 aliphatic carbocycles. The molecule has 4 N–H and O–H groups in total. The molecule has 1 aliphatic rings. The first-order valence-electron chi connectivity index (χ1n) is 5.91. The summed E-state index contributed by atoms with van der Waals surface area (Å²) in [5.41, 5.74) is 12.3. The van der Waals surface area contributed by atoms with Gasteiger partial charge in [-0.2, -0.15) is 0 Å². The number of carbonyl (C=O) groups excluding carboxylic acids is 2. The van der Waals surface area contributed by atoms with Crippen LogP contribution in [0.2, 0.25) is 0 Å². The van der Waals surface area contributed by atoms with E-state index in [0.717, 1.165) is 0 Å². The number of anilines is 1. The number of carbonyl (C=O) groups is 2. The Morgan fingerprint density at radius 2 is 2.26 bits per heavy atom. The minimum absolute atomic E-state index is 0.121. The summed E-state index contributed by atoms with van der Waals surface area (Å²) < 4.78 is 5.18. The van der Waals surface area contributed by atoms with Crippen LogP contribution in [0.5, 0.6) is 0 Å². The maximum Gasteiger partial charge on any atom is 0.256 e. The van der Waals surface area contributed by atoms with E-state index >= 15 is 0 Å². The Morgan fingerprint density at radius 1 is 1.53 bits per heavy atom. The molecule has 1 unspecified atom stereocenters. The summed E-state index contributed by atoms with van der Waals surface area (Å²) in [6.45, 7) is 2.53. The topological polar surface area (TPSA) is 112 Å². The van der Waals surface area contributed by atoms with Gasteiger partial charge in [0.2, 0.25) is 5.91 Å². The molecule has 1 fully saturated rings. The number of pyridine rings is 1. The lowest BCUT2D eigenvalue weighted by atomic mass is 10.1. The van der Waals surface area contributed by atoms with Crippen LogP contribution in [0.3, 0.4) is 0 Å². The first-order valence-corrected chi connectivity index (χ1v) is 5.91. The van der Waals surface area contributed by atoms with Gasteiger partial charge in [-0.25, -0.2) is 0 Å². The number of ether oxygens (including phenoxy) is 1. The molecule has 0 bridgehead atoms. The molecule has 1 aromatic heterocycles. The van der Waals surface area contributed by atoms with E-state index in [-0.39, 0.29) is 12.5 Å². The second-order valence-corrected chi connectivity index (χ2v) is 4.39. The van der Waals surface area contributed by atoms with Gasteiger partial charge in [0, 0.05) is 6.54 Å². The quantitative estimate of drug-likeness (QED) is 0.733. The third-order valence-electron chi connectivity index (χ3n) is 3.06. The largest absolute Gasteiger partial charge is 0.397 e. The monoisotopic (exact) mass is 264 g/mol. The molecule has 2 amide bonds. The van der Waals surface area contributed by atoms with Gasteiger partial charge in [-0.1, -0.05) is 0 Å². The van der Waals surface area contributed by atoms with E-state index in [9.17, 15) is 9.59 Å². The lowest BCUT2D eigenvalue weighted by Crippen LogP contribution is -2.54. The van der Waals surface area contributed by atoms with Gasteiger partial charge in [0.25, 0.3) is 5.91 Å². The number of hydrogen-bond acceptors (Lipinski definition) is 5. The number of nitrogens with two attached hydrogens (primary N) is 2. The summed E-state index contributed by atoms with van der Waals surface area (Å²) in [5, 5.41) is 0. The van der Waals surface area contributed by atoms with Crippen molar-refractivity contribution in [3.05, 3.63) is 23.5 Å². The molecule has 19 heavy (non-hydrogen) atoms. The smallest absolute Gasteiger partial charge is 0.256 e. The number of aryl methyl sites for hydroxylation is 1. The number of nitrogens with zero attached hydrogens (tertiary/aromatic N) is 2. The number of nitrogen functional groups attached to an aromatic ring is 1. The summed E-state index contributed by atoms with van der Waals surface area (Å²) >= 11 is 0. The molecule has 0 spiro atoms. The first-order chi connectivity index (χ1) is 9.00. The van der Waals surface area contributed by atoms with Crippen LogP contribution >= 0.6 is 0 Å². The molecule has 7 heteroatoms. The number of amides is 2. The van der Waals surface area contributed by atoms with E-state index < -0.39 is 11.9 Å². The highest BCUT2D eigenvalue weighted by molar-refractivity contribution is 5.98. The number of rotatable bonds is 2. The van der Waals surface area contributed by atoms with Gasteiger partial charge in [-0.15, -0.1) is 0 Å². The molecule has 7 nitrogen and oxygen atoms in total. The van der Waals surface area contributed by atoms with Gasteiger partial charge in [0.1, 0.15) is 6.04 Å². The maximum atomic E-state index is 12.5. The van der Waals surface area contributed by atoms with E-state index in [0.29, 0.717) is 30.1 Å². The molecule has 0 radical (unpaired) electrons. The van der Waals surface area contributed by atoms with Gasteiger partial charge < -0.3 is 21.1 Å². The highest BCUT2D eigenvalue weighted by Crippen LogP contribution is 2.16. The van der Waals surface area contributed by atoms with Crippen molar-refractivity contribution in [1.82, 2.24) is 9.88 Å². The van der Waals surface area contributed by atoms with Crippen LogP contribution in [0.1, 0.15) is 16.1 Å². The predicted octanol–water partition coefficient (Wildman–Crippen LogP) is -0.701. The summed E-state index contributed by atoms with van der Waals surface area (Å²) in [6, 6.07) is 0.806. The van der Waals surface area contributed by atoms with Crippen LogP contribution in [0.15, 0.2) is 12.3 Å². The standard InChI is InChI=1S/C12H16N4O3/c1-7-9(4-8(13)5-15-7)12(18)16-2-3-19-6-10(16)11(14)17/h4-5,10H,2-3,6,13H2,1H3,(H2,14,17). The Balaban J connectivity index is 2.31. The van der Waals surface area contributed by atoms with Crippen molar-refractivity contribution >= 4 is 17.5 Å². The van der Waals surface area contributed by atoms with Gasteiger partial charge in [-0.3, -0.25) is 14.6 Å². The molecule has 1 saturated heterocycles. The Kier molecular flexibility index (Phi) is 3.66. The molecule has 1 aliphatic heterocycles. The second-order valence-electron chi connectivity index (χ2n) is 4.39. The van der Waals surface area contributed by atoms with E-state index in [1.54, 1.807) is 13.0 Å². The van der Waals surface area contributed by atoms with Gasteiger partial charge in [0.05, 0.1) is 36.4 Å². The molecule has 0 saturated carbocycles.